The van der Waals surface area contributed by atoms with E-state index in [9.17, 15) is 9.59 Å². The maximum absolute atomic E-state index is 12.6. The molecule has 0 fully saturated rings. The lowest BCUT2D eigenvalue weighted by atomic mass is 9.89. The van der Waals surface area contributed by atoms with Crippen molar-refractivity contribution in [2.75, 3.05) is 25.0 Å². The van der Waals surface area contributed by atoms with Crippen molar-refractivity contribution in [3.8, 4) is 0 Å². The number of aliphatic carboxylic acids is 1. The molecule has 2 N–H and O–H groups in total. The van der Waals surface area contributed by atoms with Crippen LogP contribution in [0, 0.1) is 0 Å². The average molecular weight is 276 g/mol. The topological polar surface area (TPSA) is 69.6 Å². The second kappa shape index (κ2) is 6.41. The van der Waals surface area contributed by atoms with Crippen LogP contribution >= 0.6 is 0 Å². The monoisotopic (exact) mass is 276 g/mol. The first-order valence-electron chi connectivity index (χ1n) is 6.97. The van der Waals surface area contributed by atoms with Crippen molar-refractivity contribution in [3.63, 3.8) is 0 Å². The molecule has 0 bridgehead atoms. The Bertz CT molecular complexity index is 502. The van der Waals surface area contributed by atoms with Crippen LogP contribution in [0.2, 0.25) is 0 Å². The molecule has 1 amide bonds. The Morgan fingerprint density at radius 2 is 2.15 bits per heavy atom. The minimum atomic E-state index is -0.873. The smallest absolute Gasteiger partial charge is 0.305 e. The number of carbonyl (C=O) groups excluding carboxylic acids is 1. The zero-order chi connectivity index (χ0) is 14.5. The van der Waals surface area contributed by atoms with Crippen molar-refractivity contribution in [1.82, 2.24) is 4.90 Å². The minimum Gasteiger partial charge on any atom is -0.481 e. The van der Waals surface area contributed by atoms with E-state index in [-0.39, 0.29) is 24.8 Å². The van der Waals surface area contributed by atoms with Gasteiger partial charge < -0.3 is 15.3 Å². The molecule has 1 aromatic carbocycles. The third-order valence-electron chi connectivity index (χ3n) is 3.67. The maximum atomic E-state index is 12.6. The Balaban J connectivity index is 2.14. The number of hydrogen-bond acceptors (Lipinski definition) is 3. The minimum absolute atomic E-state index is 0.00774. The lowest BCUT2D eigenvalue weighted by molar-refractivity contribution is -0.138. The largest absolute Gasteiger partial charge is 0.481 e. The van der Waals surface area contributed by atoms with E-state index >= 15 is 0 Å². The molecule has 108 valence electrons. The van der Waals surface area contributed by atoms with Gasteiger partial charge in [0.1, 0.15) is 0 Å². The predicted octanol–water partition coefficient (Wildman–Crippen LogP) is 1.91. The lowest BCUT2D eigenvalue weighted by Crippen LogP contribution is -2.38. The first-order chi connectivity index (χ1) is 9.63. The first kappa shape index (κ1) is 14.4. The Kier molecular flexibility index (Phi) is 4.61. The van der Waals surface area contributed by atoms with Crippen molar-refractivity contribution in [1.29, 1.82) is 0 Å². The molecule has 0 spiro atoms. The summed E-state index contributed by atoms with van der Waals surface area (Å²) in [6.07, 6.45) is 0.742. The Morgan fingerprint density at radius 3 is 2.85 bits per heavy atom. The van der Waals surface area contributed by atoms with Gasteiger partial charge in [0.25, 0.3) is 0 Å². The number of nitrogens with zero attached hydrogens (tertiary/aromatic N) is 1. The quantitative estimate of drug-likeness (QED) is 0.862. The average Bonchev–Trinajstić information content (AvgIpc) is 2.46. The molecule has 2 rings (SSSR count). The summed E-state index contributed by atoms with van der Waals surface area (Å²) < 4.78 is 0. The number of nitrogens with one attached hydrogen (secondary N) is 1. The number of likely N-dealkylation sites (N-methyl/N-ethyl adjacent to an activating group) is 1. The fourth-order valence-electron chi connectivity index (χ4n) is 2.60. The van der Waals surface area contributed by atoms with Crippen molar-refractivity contribution in [2.45, 2.75) is 25.7 Å². The highest BCUT2D eigenvalue weighted by Gasteiger charge is 2.29. The molecule has 1 atom stereocenters. The van der Waals surface area contributed by atoms with Crippen LogP contribution in [0.4, 0.5) is 5.69 Å². The Labute approximate surface area is 118 Å². The van der Waals surface area contributed by atoms with Crippen LogP contribution < -0.4 is 5.32 Å². The maximum Gasteiger partial charge on any atom is 0.305 e. The van der Waals surface area contributed by atoms with Crippen LogP contribution in [0.15, 0.2) is 24.3 Å². The number of rotatable bonds is 5. The SMILES string of the molecule is CCN(CCC(=O)O)C(=O)C1CCNc2ccccc21. The summed E-state index contributed by atoms with van der Waals surface area (Å²) in [7, 11) is 0. The zero-order valence-corrected chi connectivity index (χ0v) is 11.6. The molecule has 1 aromatic rings. The molecular formula is C15H20N2O3. The molecule has 0 aliphatic carbocycles. The predicted molar refractivity (Wildman–Crippen MR) is 76.8 cm³/mol. The molecule has 1 aliphatic rings. The van der Waals surface area contributed by atoms with Crippen LogP contribution in [0.25, 0.3) is 0 Å². The van der Waals surface area contributed by atoms with Crippen LogP contribution in [-0.2, 0) is 9.59 Å². The van der Waals surface area contributed by atoms with Gasteiger partial charge in [-0.15, -0.1) is 0 Å². The number of para-hydroxylation sites is 1. The fraction of sp³-hybridized carbons (Fsp3) is 0.467. The van der Waals surface area contributed by atoms with E-state index in [0.29, 0.717) is 6.54 Å². The highest BCUT2D eigenvalue weighted by molar-refractivity contribution is 5.86. The number of carbonyl (C=O) groups is 2. The standard InChI is InChI=1S/C15H20N2O3/c1-2-17(10-8-14(18)19)15(20)12-7-9-16-13-6-4-3-5-11(12)13/h3-6,12,16H,2,7-10H2,1H3,(H,18,19). The summed E-state index contributed by atoms with van der Waals surface area (Å²) in [4.78, 5) is 24.9. The molecule has 1 heterocycles. The summed E-state index contributed by atoms with van der Waals surface area (Å²) in [5.74, 6) is -1.01. The van der Waals surface area contributed by atoms with Crippen LogP contribution in [0.5, 0.6) is 0 Å². The summed E-state index contributed by atoms with van der Waals surface area (Å²) in [5, 5.41) is 12.0. The van der Waals surface area contributed by atoms with Gasteiger partial charge in [0, 0.05) is 25.3 Å². The van der Waals surface area contributed by atoms with Gasteiger partial charge >= 0.3 is 5.97 Å². The summed E-state index contributed by atoms with van der Waals surface area (Å²) in [6.45, 7) is 3.46. The number of anilines is 1. The van der Waals surface area contributed by atoms with Crippen molar-refractivity contribution >= 4 is 17.6 Å². The van der Waals surface area contributed by atoms with E-state index in [1.807, 2.05) is 31.2 Å². The molecule has 0 saturated carbocycles. The zero-order valence-electron chi connectivity index (χ0n) is 11.6. The van der Waals surface area contributed by atoms with Gasteiger partial charge in [-0.2, -0.15) is 0 Å². The Hall–Kier alpha value is -2.04. The summed E-state index contributed by atoms with van der Waals surface area (Å²) in [5.41, 5.74) is 2.02. The van der Waals surface area contributed by atoms with Crippen LogP contribution in [0.3, 0.4) is 0 Å². The van der Waals surface area contributed by atoms with Crippen molar-refractivity contribution in [3.05, 3.63) is 29.8 Å². The van der Waals surface area contributed by atoms with Gasteiger partial charge in [0.15, 0.2) is 0 Å². The number of amides is 1. The second-order valence-electron chi connectivity index (χ2n) is 4.92. The number of hydrogen-bond donors (Lipinski definition) is 2. The summed E-state index contributed by atoms with van der Waals surface area (Å²) in [6, 6.07) is 7.82. The second-order valence-corrected chi connectivity index (χ2v) is 4.92. The molecule has 0 radical (unpaired) electrons. The van der Waals surface area contributed by atoms with Gasteiger partial charge in [-0.3, -0.25) is 9.59 Å². The van der Waals surface area contributed by atoms with E-state index in [0.717, 1.165) is 24.2 Å². The van der Waals surface area contributed by atoms with E-state index < -0.39 is 5.97 Å². The molecule has 1 aliphatic heterocycles. The molecule has 5 nitrogen and oxygen atoms in total. The van der Waals surface area contributed by atoms with E-state index in [4.69, 9.17) is 5.11 Å². The van der Waals surface area contributed by atoms with E-state index in [1.165, 1.54) is 0 Å². The van der Waals surface area contributed by atoms with Crippen LogP contribution in [0.1, 0.15) is 31.2 Å². The molecule has 0 aromatic heterocycles. The van der Waals surface area contributed by atoms with Gasteiger partial charge in [-0.1, -0.05) is 18.2 Å². The highest BCUT2D eigenvalue weighted by atomic mass is 16.4. The number of fused-ring (bicyclic) bond motifs is 1. The number of benzene rings is 1. The lowest BCUT2D eigenvalue weighted by Gasteiger charge is -2.30. The third-order valence-corrected chi connectivity index (χ3v) is 3.67. The summed E-state index contributed by atoms with van der Waals surface area (Å²) >= 11 is 0. The highest BCUT2D eigenvalue weighted by Crippen LogP contribution is 2.32. The number of carboxylic acid groups (broad SMARTS) is 1. The van der Waals surface area contributed by atoms with E-state index in [1.54, 1.807) is 4.90 Å². The molecule has 1 unspecified atom stereocenters. The van der Waals surface area contributed by atoms with Crippen molar-refractivity contribution < 1.29 is 14.7 Å². The molecular weight excluding hydrogens is 256 g/mol. The third kappa shape index (κ3) is 3.10. The normalized spacial score (nSPS) is 16.9. The van der Waals surface area contributed by atoms with Gasteiger partial charge in [0.05, 0.1) is 12.3 Å². The van der Waals surface area contributed by atoms with Crippen molar-refractivity contribution in [2.24, 2.45) is 0 Å². The number of carboxylic acids is 1. The molecule has 20 heavy (non-hydrogen) atoms. The Morgan fingerprint density at radius 1 is 1.40 bits per heavy atom. The molecule has 0 saturated heterocycles. The fourth-order valence-corrected chi connectivity index (χ4v) is 2.60. The van der Waals surface area contributed by atoms with Gasteiger partial charge in [-0.25, -0.2) is 0 Å². The van der Waals surface area contributed by atoms with Gasteiger partial charge in [0.2, 0.25) is 5.91 Å². The van der Waals surface area contributed by atoms with E-state index in [2.05, 4.69) is 5.32 Å². The first-order valence-corrected chi connectivity index (χ1v) is 6.97. The van der Waals surface area contributed by atoms with Crippen LogP contribution in [-0.4, -0.2) is 41.5 Å². The molecule has 5 heteroatoms. The van der Waals surface area contributed by atoms with Gasteiger partial charge in [-0.05, 0) is 25.0 Å².